The number of halogens is 1. The minimum atomic E-state index is -0.975. The van der Waals surface area contributed by atoms with Crippen molar-refractivity contribution in [1.29, 1.82) is 0 Å². The minimum Gasteiger partial charge on any atom is -0.325 e. The van der Waals surface area contributed by atoms with E-state index in [9.17, 15) is 19.3 Å². The summed E-state index contributed by atoms with van der Waals surface area (Å²) in [6.45, 7) is 0. The molecule has 0 saturated heterocycles. The summed E-state index contributed by atoms with van der Waals surface area (Å²) in [5.41, 5.74) is 1.21. The molecule has 0 bridgehead atoms. The summed E-state index contributed by atoms with van der Waals surface area (Å²) < 4.78 is 14.9. The molecule has 10 nitrogen and oxygen atoms in total. The molecule has 3 aromatic heterocycles. The molecule has 0 aliphatic rings. The van der Waals surface area contributed by atoms with Gasteiger partial charge in [-0.15, -0.1) is 10.2 Å². The number of rotatable bonds is 6. The van der Waals surface area contributed by atoms with Gasteiger partial charge in [0.15, 0.2) is 5.65 Å². The molecule has 4 rings (SSSR count). The molecule has 0 aliphatic carbocycles. The van der Waals surface area contributed by atoms with Gasteiger partial charge in [0.1, 0.15) is 5.69 Å². The Hall–Kier alpha value is -3.93. The van der Waals surface area contributed by atoms with Crippen LogP contribution in [-0.4, -0.2) is 41.4 Å². The zero-order valence-corrected chi connectivity index (χ0v) is 15.9. The number of thioether (sulfide) groups is 1. The molecule has 1 amide bonds. The second kappa shape index (κ2) is 8.21. The van der Waals surface area contributed by atoms with Gasteiger partial charge in [0.2, 0.25) is 16.9 Å². The van der Waals surface area contributed by atoms with Gasteiger partial charge in [0.25, 0.3) is 0 Å². The average molecular weight is 425 g/mol. The van der Waals surface area contributed by atoms with Gasteiger partial charge >= 0.3 is 5.69 Å². The predicted octanol–water partition coefficient (Wildman–Crippen LogP) is 2.96. The summed E-state index contributed by atoms with van der Waals surface area (Å²) in [6, 6.07) is 12.1. The number of benzene rings is 1. The summed E-state index contributed by atoms with van der Waals surface area (Å²) >= 11 is 1.09. The van der Waals surface area contributed by atoms with Crippen LogP contribution in [0.1, 0.15) is 0 Å². The topological polar surface area (TPSA) is 128 Å². The maximum Gasteiger partial charge on any atom is 0.306 e. The van der Waals surface area contributed by atoms with Gasteiger partial charge in [-0.3, -0.25) is 19.9 Å². The molecule has 0 unspecified atom stereocenters. The first-order chi connectivity index (χ1) is 14.5. The number of carbonyl (C=O) groups excluding carboxylic acids is 1. The van der Waals surface area contributed by atoms with Crippen LogP contribution >= 0.6 is 11.8 Å². The largest absolute Gasteiger partial charge is 0.325 e. The number of anilines is 1. The molecular weight excluding hydrogens is 413 g/mol. The molecule has 1 N–H and O–H groups in total. The lowest BCUT2D eigenvalue weighted by Gasteiger charge is -2.05. The highest BCUT2D eigenvalue weighted by atomic mass is 32.2. The van der Waals surface area contributed by atoms with Gasteiger partial charge < -0.3 is 5.32 Å². The molecule has 1 aromatic carbocycles. The van der Waals surface area contributed by atoms with E-state index >= 15 is 0 Å². The Morgan fingerprint density at radius 3 is 2.80 bits per heavy atom. The van der Waals surface area contributed by atoms with Gasteiger partial charge in [-0.1, -0.05) is 17.8 Å². The first kappa shape index (κ1) is 19.4. The molecule has 4 aromatic rings. The van der Waals surface area contributed by atoms with Crippen molar-refractivity contribution >= 4 is 34.7 Å². The Morgan fingerprint density at radius 1 is 1.17 bits per heavy atom. The summed E-state index contributed by atoms with van der Waals surface area (Å²) in [4.78, 5) is 26.4. The molecule has 0 atom stereocenters. The van der Waals surface area contributed by atoms with Crippen LogP contribution in [0.3, 0.4) is 0 Å². The van der Waals surface area contributed by atoms with Crippen molar-refractivity contribution in [3.8, 4) is 11.4 Å². The lowest BCUT2D eigenvalue weighted by atomic mass is 10.2. The number of amides is 1. The number of nitro groups is 1. The predicted molar refractivity (Wildman–Crippen MR) is 106 cm³/mol. The molecule has 30 heavy (non-hydrogen) atoms. The van der Waals surface area contributed by atoms with Crippen LogP contribution in [0.4, 0.5) is 15.8 Å². The molecule has 0 saturated carbocycles. The summed E-state index contributed by atoms with van der Waals surface area (Å²) in [7, 11) is 0. The summed E-state index contributed by atoms with van der Waals surface area (Å²) in [5.74, 6) is -1.47. The molecule has 3 heterocycles. The fraction of sp³-hybridized carbons (Fsp3) is 0.0556. The number of carbonyl (C=O) groups is 1. The highest BCUT2D eigenvalue weighted by Crippen LogP contribution is 2.23. The number of hydrogen-bond acceptors (Lipinski definition) is 8. The van der Waals surface area contributed by atoms with E-state index in [1.165, 1.54) is 10.6 Å². The van der Waals surface area contributed by atoms with E-state index < -0.39 is 22.3 Å². The first-order valence-electron chi connectivity index (χ1n) is 8.52. The van der Waals surface area contributed by atoms with E-state index in [0.29, 0.717) is 22.2 Å². The molecule has 150 valence electrons. The Balaban J connectivity index is 1.48. The molecule has 12 heteroatoms. The lowest BCUT2D eigenvalue weighted by Crippen LogP contribution is -2.14. The third kappa shape index (κ3) is 4.07. The van der Waals surface area contributed by atoms with Crippen molar-refractivity contribution < 1.29 is 14.1 Å². The van der Waals surface area contributed by atoms with Gasteiger partial charge in [0, 0.05) is 18.0 Å². The van der Waals surface area contributed by atoms with Crippen LogP contribution in [0.5, 0.6) is 0 Å². The van der Waals surface area contributed by atoms with E-state index in [1.807, 2.05) is 12.1 Å². The number of aromatic nitrogens is 5. The summed E-state index contributed by atoms with van der Waals surface area (Å²) in [6.07, 6.45) is 1.66. The zero-order chi connectivity index (χ0) is 21.1. The highest BCUT2D eigenvalue weighted by molar-refractivity contribution is 7.99. The van der Waals surface area contributed by atoms with Crippen LogP contribution in [0.15, 0.2) is 59.9 Å². The number of nitro benzene ring substituents is 1. The van der Waals surface area contributed by atoms with Crippen molar-refractivity contribution in [3.05, 3.63) is 70.7 Å². The van der Waals surface area contributed by atoms with Crippen LogP contribution in [0, 0.1) is 15.9 Å². The van der Waals surface area contributed by atoms with Crippen molar-refractivity contribution in [1.82, 2.24) is 24.8 Å². The maximum absolute atomic E-state index is 13.4. The molecule has 0 radical (unpaired) electrons. The third-order valence-electron chi connectivity index (χ3n) is 3.92. The number of nitrogens with one attached hydrogen (secondary N) is 1. The van der Waals surface area contributed by atoms with Crippen molar-refractivity contribution in [2.24, 2.45) is 0 Å². The standard InChI is InChI=1S/C18H12FN7O3S/c19-12-5-4-11(9-15(12)26(28)29)21-17(27)10-30-18-23-22-16-7-6-14(24-25(16)18)13-3-1-2-8-20-13/h1-9H,10H2,(H,21,27). The van der Waals surface area contributed by atoms with E-state index in [4.69, 9.17) is 0 Å². The second-order valence-electron chi connectivity index (χ2n) is 5.95. The fourth-order valence-electron chi connectivity index (χ4n) is 2.57. The Morgan fingerprint density at radius 2 is 2.03 bits per heavy atom. The van der Waals surface area contributed by atoms with Crippen LogP contribution in [0.25, 0.3) is 17.0 Å². The third-order valence-corrected chi connectivity index (χ3v) is 4.84. The molecular formula is C18H12FN7O3S. The van der Waals surface area contributed by atoms with Crippen molar-refractivity contribution in [2.75, 3.05) is 11.1 Å². The maximum atomic E-state index is 13.4. The van der Waals surface area contributed by atoms with Crippen LogP contribution in [-0.2, 0) is 4.79 Å². The molecule has 0 spiro atoms. The smallest absolute Gasteiger partial charge is 0.306 e. The number of hydrogen-bond donors (Lipinski definition) is 1. The van der Waals surface area contributed by atoms with Gasteiger partial charge in [-0.2, -0.15) is 14.0 Å². The number of nitrogens with zero attached hydrogens (tertiary/aromatic N) is 6. The van der Waals surface area contributed by atoms with Crippen LogP contribution < -0.4 is 5.32 Å². The Labute approximate surface area is 172 Å². The number of pyridine rings is 1. The Bertz CT molecular complexity index is 1250. The second-order valence-corrected chi connectivity index (χ2v) is 6.89. The fourth-order valence-corrected chi connectivity index (χ4v) is 3.26. The molecule has 0 aliphatic heterocycles. The normalized spacial score (nSPS) is 10.8. The SMILES string of the molecule is O=C(CSc1nnc2ccc(-c3ccccn3)nn12)Nc1ccc(F)c([N+](=O)[O-])c1. The van der Waals surface area contributed by atoms with E-state index in [0.717, 1.165) is 23.9 Å². The zero-order valence-electron chi connectivity index (χ0n) is 15.1. The monoisotopic (exact) mass is 425 g/mol. The number of fused-ring (bicyclic) bond motifs is 1. The van der Waals surface area contributed by atoms with E-state index in [-0.39, 0.29) is 11.4 Å². The van der Waals surface area contributed by atoms with Gasteiger partial charge in [-0.25, -0.2) is 0 Å². The van der Waals surface area contributed by atoms with Crippen molar-refractivity contribution in [2.45, 2.75) is 5.16 Å². The molecule has 0 fully saturated rings. The lowest BCUT2D eigenvalue weighted by molar-refractivity contribution is -0.387. The van der Waals surface area contributed by atoms with E-state index in [2.05, 4.69) is 25.6 Å². The Kier molecular flexibility index (Phi) is 5.30. The van der Waals surface area contributed by atoms with Gasteiger partial charge in [-0.05, 0) is 36.4 Å². The average Bonchev–Trinajstić information content (AvgIpc) is 3.16. The van der Waals surface area contributed by atoms with Crippen LogP contribution in [0.2, 0.25) is 0 Å². The highest BCUT2D eigenvalue weighted by Gasteiger charge is 2.16. The van der Waals surface area contributed by atoms with Gasteiger partial charge in [0.05, 0.1) is 16.4 Å². The quantitative estimate of drug-likeness (QED) is 0.284. The van der Waals surface area contributed by atoms with E-state index in [1.54, 1.807) is 24.4 Å². The minimum absolute atomic E-state index is 0.0541. The summed E-state index contributed by atoms with van der Waals surface area (Å²) in [5, 5.41) is 26.2. The van der Waals surface area contributed by atoms with Crippen molar-refractivity contribution in [3.63, 3.8) is 0 Å². The first-order valence-corrected chi connectivity index (χ1v) is 9.50.